The molecule has 2 aromatic rings. The summed E-state index contributed by atoms with van der Waals surface area (Å²) in [7, 11) is 0.743. The third-order valence-corrected chi connectivity index (χ3v) is 11.2. The van der Waals surface area contributed by atoms with E-state index in [1.807, 2.05) is 0 Å². The zero-order chi connectivity index (χ0) is 32.7. The van der Waals surface area contributed by atoms with E-state index in [1.54, 1.807) is 11.3 Å². The molecule has 0 aliphatic rings. The van der Waals surface area contributed by atoms with Crippen LogP contribution in [0.15, 0.2) is 36.4 Å². The Kier molecular flexibility index (Phi) is 13.6. The first-order chi connectivity index (χ1) is 19.7. The summed E-state index contributed by atoms with van der Waals surface area (Å²) >= 11 is 1.79. The predicted octanol–water partition coefficient (Wildman–Crippen LogP) is 10.6. The minimum Gasteiger partial charge on any atom is -0.488 e. The van der Waals surface area contributed by atoms with Gasteiger partial charge in [0.15, 0.2) is 0 Å². The second-order valence-electron chi connectivity index (χ2n) is 14.7. The van der Waals surface area contributed by atoms with E-state index in [0.717, 1.165) is 49.0 Å². The van der Waals surface area contributed by atoms with E-state index < -0.39 is 16.8 Å². The number of allylic oxidation sites excluding steroid dienone is 2. The monoisotopic (exact) mass is 642 g/mol. The Bertz CT molecular complexity index is 1180. The molecule has 1 N–H and O–H groups in total. The summed E-state index contributed by atoms with van der Waals surface area (Å²) < 4.78 is 19.5. The molecule has 2 rings (SSSR count). The zero-order valence-electron chi connectivity index (χ0n) is 29.3. The average Bonchev–Trinajstić information content (AvgIpc) is 3.40. The second kappa shape index (κ2) is 15.4. The summed E-state index contributed by atoms with van der Waals surface area (Å²) in [5.41, 5.74) is 2.04. The standard InChI is InChI=1S/C36H58O4SSi2/c1-14-26(18-17-23-36(37,15-2)16-3)31-22-20-28(41-31)25-38-27-19-21-29(34(10,11)39-42-32(4,5)6)30(24-27)35(12,13)40-43-33(7,8)9/h18-22,24,37H,14-17,23,25H2,1-13H3. The van der Waals surface area contributed by atoms with Gasteiger partial charge in [0.2, 0.25) is 19.5 Å². The molecule has 1 aromatic carbocycles. The smallest absolute Gasteiger partial charge is 0.236 e. The van der Waals surface area contributed by atoms with Gasteiger partial charge in [-0.25, -0.2) is 0 Å². The number of benzene rings is 1. The van der Waals surface area contributed by atoms with Crippen molar-refractivity contribution in [2.24, 2.45) is 0 Å². The third-order valence-electron chi connectivity index (χ3n) is 7.57. The molecule has 0 unspecified atom stereocenters. The molecule has 4 nitrogen and oxygen atoms in total. The van der Waals surface area contributed by atoms with Crippen LogP contribution in [-0.4, -0.2) is 30.2 Å². The van der Waals surface area contributed by atoms with Crippen LogP contribution in [0.1, 0.15) is 143 Å². The van der Waals surface area contributed by atoms with Crippen molar-refractivity contribution in [3.63, 3.8) is 0 Å². The first-order valence-electron chi connectivity index (χ1n) is 15.9. The van der Waals surface area contributed by atoms with Crippen LogP contribution in [0.25, 0.3) is 5.57 Å². The molecule has 0 bridgehead atoms. The van der Waals surface area contributed by atoms with Crippen LogP contribution in [0.4, 0.5) is 0 Å². The van der Waals surface area contributed by atoms with Crippen molar-refractivity contribution in [2.45, 2.75) is 156 Å². The fourth-order valence-corrected chi connectivity index (χ4v) is 7.00. The summed E-state index contributed by atoms with van der Waals surface area (Å²) in [6.45, 7) is 28.8. The maximum atomic E-state index is 10.7. The van der Waals surface area contributed by atoms with E-state index in [4.69, 9.17) is 13.6 Å². The summed E-state index contributed by atoms with van der Waals surface area (Å²) in [4.78, 5) is 2.48. The van der Waals surface area contributed by atoms with E-state index in [2.05, 4.69) is 126 Å². The molecular formula is C36H58O4SSi2. The van der Waals surface area contributed by atoms with E-state index in [0.29, 0.717) is 26.1 Å². The molecule has 0 atom stereocenters. The lowest BCUT2D eigenvalue weighted by Gasteiger charge is -2.37. The van der Waals surface area contributed by atoms with E-state index in [-0.39, 0.29) is 10.1 Å². The van der Waals surface area contributed by atoms with Crippen molar-refractivity contribution in [3.8, 4) is 5.75 Å². The van der Waals surface area contributed by atoms with Crippen LogP contribution >= 0.6 is 11.3 Å². The molecular weight excluding hydrogens is 585 g/mol. The highest BCUT2D eigenvalue weighted by molar-refractivity contribution is 7.13. The van der Waals surface area contributed by atoms with Gasteiger partial charge >= 0.3 is 0 Å². The summed E-state index contributed by atoms with van der Waals surface area (Å²) in [6.07, 6.45) is 6.57. The van der Waals surface area contributed by atoms with Crippen molar-refractivity contribution >= 4 is 36.4 Å². The highest BCUT2D eigenvalue weighted by Gasteiger charge is 2.34. The number of hydrogen-bond acceptors (Lipinski definition) is 5. The maximum Gasteiger partial charge on any atom is 0.236 e. The van der Waals surface area contributed by atoms with Gasteiger partial charge in [0.1, 0.15) is 12.4 Å². The first-order valence-corrected chi connectivity index (χ1v) is 18.6. The van der Waals surface area contributed by atoms with Crippen molar-refractivity contribution < 1.29 is 18.7 Å². The average molecular weight is 643 g/mol. The Morgan fingerprint density at radius 3 is 1.86 bits per heavy atom. The lowest BCUT2D eigenvalue weighted by molar-refractivity contribution is 0.0246. The van der Waals surface area contributed by atoms with Crippen LogP contribution < -0.4 is 4.74 Å². The summed E-state index contributed by atoms with van der Waals surface area (Å²) in [5.74, 6) is 0.836. The van der Waals surface area contributed by atoms with E-state index >= 15 is 0 Å². The molecule has 0 aliphatic carbocycles. The lowest BCUT2D eigenvalue weighted by Crippen LogP contribution is -2.34. The fourth-order valence-electron chi connectivity index (χ4n) is 4.63. The summed E-state index contributed by atoms with van der Waals surface area (Å²) in [5, 5.41) is 10.8. The number of rotatable bonds is 16. The van der Waals surface area contributed by atoms with Gasteiger partial charge < -0.3 is 18.7 Å². The molecule has 0 saturated carbocycles. The van der Waals surface area contributed by atoms with E-state index in [1.165, 1.54) is 15.3 Å². The molecule has 0 spiro atoms. The molecule has 4 radical (unpaired) electrons. The van der Waals surface area contributed by atoms with Crippen LogP contribution in [0.5, 0.6) is 5.75 Å². The topological polar surface area (TPSA) is 47.9 Å². The molecule has 0 amide bonds. The van der Waals surface area contributed by atoms with Crippen molar-refractivity contribution in [2.75, 3.05) is 0 Å². The van der Waals surface area contributed by atoms with Crippen LogP contribution in [0.3, 0.4) is 0 Å². The Labute approximate surface area is 272 Å². The second-order valence-corrected chi connectivity index (χ2v) is 19.7. The number of hydrogen-bond donors (Lipinski definition) is 1. The van der Waals surface area contributed by atoms with Crippen LogP contribution in [-0.2, 0) is 26.7 Å². The van der Waals surface area contributed by atoms with Gasteiger partial charge in [-0.1, -0.05) is 74.5 Å². The Hall–Kier alpha value is -1.23. The molecule has 0 aliphatic heterocycles. The minimum atomic E-state index is -0.556. The quantitative estimate of drug-likeness (QED) is 0.185. The lowest BCUT2D eigenvalue weighted by atomic mass is 9.85. The minimum absolute atomic E-state index is 0.0844. The van der Waals surface area contributed by atoms with Crippen molar-refractivity contribution in [1.29, 1.82) is 0 Å². The number of ether oxygens (including phenoxy) is 1. The molecule has 1 aromatic heterocycles. The highest BCUT2D eigenvalue weighted by Crippen LogP contribution is 2.40. The van der Waals surface area contributed by atoms with Crippen LogP contribution in [0, 0.1) is 0 Å². The normalized spacial score (nSPS) is 14.0. The van der Waals surface area contributed by atoms with E-state index in [9.17, 15) is 5.11 Å². The van der Waals surface area contributed by atoms with Gasteiger partial charge in [-0.3, -0.25) is 0 Å². The largest absolute Gasteiger partial charge is 0.488 e. The number of aliphatic hydroxyl groups is 1. The van der Waals surface area contributed by atoms with Gasteiger partial charge in [-0.05, 0) is 111 Å². The van der Waals surface area contributed by atoms with Gasteiger partial charge in [0.25, 0.3) is 0 Å². The molecule has 1 heterocycles. The Balaban J connectivity index is 2.28. The van der Waals surface area contributed by atoms with Gasteiger partial charge in [0.05, 0.1) is 16.8 Å². The highest BCUT2D eigenvalue weighted by atomic mass is 32.1. The van der Waals surface area contributed by atoms with Crippen LogP contribution in [0.2, 0.25) is 10.1 Å². The van der Waals surface area contributed by atoms with Gasteiger partial charge in [0, 0.05) is 9.75 Å². The Morgan fingerprint density at radius 2 is 1.35 bits per heavy atom. The predicted molar refractivity (Wildman–Crippen MR) is 187 cm³/mol. The SMILES string of the molecule is CCC(=CCCC(O)(CC)CC)c1ccc(COc2ccc(C(C)(C)O[Si]C(C)(C)C)c(C(C)(C)O[Si]C(C)(C)C)c2)s1. The zero-order valence-corrected chi connectivity index (χ0v) is 32.1. The summed E-state index contributed by atoms with van der Waals surface area (Å²) in [6, 6.07) is 10.8. The van der Waals surface area contributed by atoms with Gasteiger partial charge in [-0.15, -0.1) is 11.3 Å². The molecule has 7 heteroatoms. The maximum absolute atomic E-state index is 10.7. The first kappa shape index (κ1) is 38.0. The van der Waals surface area contributed by atoms with Crippen molar-refractivity contribution in [3.05, 3.63) is 57.3 Å². The molecule has 0 saturated heterocycles. The Morgan fingerprint density at radius 1 is 0.791 bits per heavy atom. The number of thiophene rings is 1. The molecule has 240 valence electrons. The molecule has 43 heavy (non-hydrogen) atoms. The van der Waals surface area contributed by atoms with Crippen molar-refractivity contribution in [1.82, 2.24) is 0 Å². The van der Waals surface area contributed by atoms with Gasteiger partial charge in [-0.2, -0.15) is 0 Å². The fraction of sp³-hybridized carbons (Fsp3) is 0.667. The third kappa shape index (κ3) is 12.2. The molecule has 0 fully saturated rings.